The molecule has 0 saturated heterocycles. The molecule has 0 aliphatic carbocycles. The van der Waals surface area contributed by atoms with Gasteiger partial charge in [0, 0.05) is 43.4 Å². The van der Waals surface area contributed by atoms with E-state index in [1.165, 1.54) is 12.1 Å². The van der Waals surface area contributed by atoms with Gasteiger partial charge in [-0.05, 0) is 31.0 Å². The van der Waals surface area contributed by atoms with Crippen molar-refractivity contribution in [1.29, 1.82) is 0 Å². The second-order valence-corrected chi connectivity index (χ2v) is 6.85. The number of halogens is 2. The van der Waals surface area contributed by atoms with Crippen LogP contribution in [0.1, 0.15) is 43.4 Å². The van der Waals surface area contributed by atoms with Gasteiger partial charge in [-0.3, -0.25) is 0 Å². The summed E-state index contributed by atoms with van der Waals surface area (Å²) in [6.45, 7) is 7.93. The minimum atomic E-state index is -0.352. The largest absolute Gasteiger partial charge is 0.439 e. The van der Waals surface area contributed by atoms with Crippen molar-refractivity contribution in [2.24, 2.45) is 4.99 Å². The van der Waals surface area contributed by atoms with Crippen LogP contribution >= 0.6 is 24.0 Å². The monoisotopic (exact) mass is 553 g/mol. The van der Waals surface area contributed by atoms with Crippen LogP contribution in [-0.4, -0.2) is 22.6 Å². The molecule has 3 rings (SSSR count). The Kier molecular flexibility index (Phi) is 10.4. The number of nitrogens with one attached hydrogen (secondary N) is 2. The van der Waals surface area contributed by atoms with Crippen LogP contribution in [0.25, 0.3) is 0 Å². The minimum absolute atomic E-state index is 0. The number of aryl methyl sites for hydroxylation is 2. The molecule has 7 nitrogen and oxygen atoms in total. The number of nitrogens with zero attached hydrogens (tertiary/aromatic N) is 3. The van der Waals surface area contributed by atoms with Gasteiger partial charge in [0.05, 0.1) is 12.2 Å². The molecule has 0 amide bonds. The Hall–Kier alpha value is -2.69. The molecule has 0 unspecified atom stereocenters. The zero-order valence-electron chi connectivity index (χ0n) is 18.5. The molecular formula is C23H29FIN5O2. The molecule has 0 radical (unpaired) electrons. The van der Waals surface area contributed by atoms with Crippen molar-refractivity contribution in [3.8, 4) is 11.6 Å². The number of benzene rings is 1. The summed E-state index contributed by atoms with van der Waals surface area (Å²) in [6.07, 6.45) is 3.32. The summed E-state index contributed by atoms with van der Waals surface area (Å²) in [5, 5.41) is 10.7. The maximum atomic E-state index is 13.3. The van der Waals surface area contributed by atoms with Crippen LogP contribution in [0.5, 0.6) is 11.6 Å². The van der Waals surface area contributed by atoms with Gasteiger partial charge in [-0.2, -0.15) is 0 Å². The lowest BCUT2D eigenvalue weighted by atomic mass is 10.1. The molecule has 0 bridgehead atoms. The van der Waals surface area contributed by atoms with Crippen LogP contribution in [0.3, 0.4) is 0 Å². The molecule has 2 aromatic heterocycles. The molecule has 0 aliphatic heterocycles. The Morgan fingerprint density at radius 3 is 2.62 bits per heavy atom. The van der Waals surface area contributed by atoms with Gasteiger partial charge in [-0.1, -0.05) is 31.1 Å². The molecular weight excluding hydrogens is 524 g/mol. The van der Waals surface area contributed by atoms with E-state index in [0.717, 1.165) is 42.0 Å². The average molecular weight is 553 g/mol. The van der Waals surface area contributed by atoms with E-state index in [0.29, 0.717) is 30.7 Å². The Bertz CT molecular complexity index is 986. The molecule has 0 saturated carbocycles. The maximum Gasteiger partial charge on any atom is 0.219 e. The molecule has 32 heavy (non-hydrogen) atoms. The third kappa shape index (κ3) is 7.18. The number of rotatable bonds is 9. The van der Waals surface area contributed by atoms with E-state index in [-0.39, 0.29) is 29.8 Å². The normalized spacial score (nSPS) is 11.1. The fourth-order valence-corrected chi connectivity index (χ4v) is 3.04. The molecule has 0 aliphatic rings. The predicted octanol–water partition coefficient (Wildman–Crippen LogP) is 5.00. The summed E-state index contributed by atoms with van der Waals surface area (Å²) in [7, 11) is 0. The molecule has 0 fully saturated rings. The number of hydrogen-bond acceptors (Lipinski definition) is 5. The van der Waals surface area contributed by atoms with Crippen LogP contribution in [-0.2, 0) is 25.9 Å². The van der Waals surface area contributed by atoms with Gasteiger partial charge in [0.2, 0.25) is 5.88 Å². The SMILES string of the molecule is CCNC(=NCc1ccc(Oc2cccc(F)c2)nc1)NCc1c(CC)noc1CC.I. The lowest BCUT2D eigenvalue weighted by molar-refractivity contribution is 0.380. The lowest BCUT2D eigenvalue weighted by Gasteiger charge is -2.12. The third-order valence-electron chi connectivity index (χ3n) is 4.62. The second kappa shape index (κ2) is 13.0. The first kappa shape index (κ1) is 25.6. The van der Waals surface area contributed by atoms with E-state index >= 15 is 0 Å². The molecule has 2 heterocycles. The number of aromatic nitrogens is 2. The van der Waals surface area contributed by atoms with E-state index < -0.39 is 0 Å². The molecule has 2 N–H and O–H groups in total. The lowest BCUT2D eigenvalue weighted by Crippen LogP contribution is -2.37. The average Bonchev–Trinajstić information content (AvgIpc) is 3.18. The van der Waals surface area contributed by atoms with Crippen LogP contribution in [0.2, 0.25) is 0 Å². The van der Waals surface area contributed by atoms with E-state index in [9.17, 15) is 4.39 Å². The zero-order chi connectivity index (χ0) is 22.1. The van der Waals surface area contributed by atoms with Crippen molar-refractivity contribution in [3.05, 3.63) is 71.0 Å². The number of ether oxygens (including phenoxy) is 1. The van der Waals surface area contributed by atoms with Crippen LogP contribution in [0, 0.1) is 5.82 Å². The highest BCUT2D eigenvalue weighted by Gasteiger charge is 2.13. The van der Waals surface area contributed by atoms with Gasteiger partial charge in [0.15, 0.2) is 5.96 Å². The highest BCUT2D eigenvalue weighted by Crippen LogP contribution is 2.20. The van der Waals surface area contributed by atoms with Gasteiger partial charge < -0.3 is 19.9 Å². The number of aliphatic imine (C=N–C) groups is 1. The Balaban J connectivity index is 0.00000363. The van der Waals surface area contributed by atoms with Crippen molar-refractivity contribution < 1.29 is 13.7 Å². The molecule has 3 aromatic rings. The first-order valence-corrected chi connectivity index (χ1v) is 10.5. The van der Waals surface area contributed by atoms with Crippen LogP contribution in [0.15, 0.2) is 52.1 Å². The summed E-state index contributed by atoms with van der Waals surface area (Å²) in [6, 6.07) is 9.59. The summed E-state index contributed by atoms with van der Waals surface area (Å²) >= 11 is 0. The second-order valence-electron chi connectivity index (χ2n) is 6.85. The Morgan fingerprint density at radius 1 is 1.12 bits per heavy atom. The van der Waals surface area contributed by atoms with Crippen molar-refractivity contribution in [2.45, 2.75) is 46.7 Å². The molecule has 9 heteroatoms. The topological polar surface area (TPSA) is 84.6 Å². The number of pyridine rings is 1. The van der Waals surface area contributed by atoms with Gasteiger partial charge in [-0.25, -0.2) is 14.4 Å². The van der Waals surface area contributed by atoms with Crippen molar-refractivity contribution in [1.82, 2.24) is 20.8 Å². The first-order valence-electron chi connectivity index (χ1n) is 10.5. The fourth-order valence-electron chi connectivity index (χ4n) is 3.04. The van der Waals surface area contributed by atoms with Gasteiger partial charge >= 0.3 is 0 Å². The Labute approximate surface area is 204 Å². The van der Waals surface area contributed by atoms with Gasteiger partial charge in [0.1, 0.15) is 17.3 Å². The van der Waals surface area contributed by atoms with E-state index in [1.54, 1.807) is 24.4 Å². The smallest absolute Gasteiger partial charge is 0.219 e. The predicted molar refractivity (Wildman–Crippen MR) is 133 cm³/mol. The minimum Gasteiger partial charge on any atom is -0.439 e. The van der Waals surface area contributed by atoms with Gasteiger partial charge in [0.25, 0.3) is 0 Å². The van der Waals surface area contributed by atoms with E-state index in [1.807, 2.05) is 13.0 Å². The van der Waals surface area contributed by atoms with Crippen LogP contribution < -0.4 is 15.4 Å². The van der Waals surface area contributed by atoms with Crippen molar-refractivity contribution in [2.75, 3.05) is 6.54 Å². The van der Waals surface area contributed by atoms with Crippen molar-refractivity contribution in [3.63, 3.8) is 0 Å². The van der Waals surface area contributed by atoms with Crippen LogP contribution in [0.4, 0.5) is 4.39 Å². The quantitative estimate of drug-likeness (QED) is 0.221. The van der Waals surface area contributed by atoms with E-state index in [4.69, 9.17) is 9.26 Å². The summed E-state index contributed by atoms with van der Waals surface area (Å²) in [4.78, 5) is 8.92. The van der Waals surface area contributed by atoms with Gasteiger partial charge in [-0.15, -0.1) is 24.0 Å². The zero-order valence-corrected chi connectivity index (χ0v) is 20.9. The fraction of sp³-hybridized carbons (Fsp3) is 0.348. The molecule has 172 valence electrons. The number of guanidine groups is 1. The molecule has 1 aromatic carbocycles. The maximum absolute atomic E-state index is 13.3. The highest BCUT2D eigenvalue weighted by atomic mass is 127. The molecule has 0 spiro atoms. The standard InChI is InChI=1S/C23H28FN5O2.HI/c1-4-20-19(21(5-2)31-29-20)15-28-23(25-6-3)27-14-16-10-11-22(26-13-16)30-18-9-7-8-17(24)12-18;/h7-13H,4-6,14-15H2,1-3H3,(H2,25,27,28);1H. The van der Waals surface area contributed by atoms with Crippen molar-refractivity contribution >= 4 is 29.9 Å². The summed E-state index contributed by atoms with van der Waals surface area (Å²) in [5.41, 5.74) is 2.99. The third-order valence-corrected chi connectivity index (χ3v) is 4.62. The summed E-state index contributed by atoms with van der Waals surface area (Å²) in [5.74, 6) is 2.06. The Morgan fingerprint density at radius 2 is 1.97 bits per heavy atom. The molecule has 0 atom stereocenters. The first-order chi connectivity index (χ1) is 15.1. The summed E-state index contributed by atoms with van der Waals surface area (Å²) < 4.78 is 24.3. The highest BCUT2D eigenvalue weighted by molar-refractivity contribution is 14.0. The van der Waals surface area contributed by atoms with E-state index in [2.05, 4.69) is 39.6 Å². The number of hydrogen-bond donors (Lipinski definition) is 2.